The van der Waals surface area contributed by atoms with E-state index in [0.29, 0.717) is 24.5 Å². The first-order valence-corrected chi connectivity index (χ1v) is 13.2. The minimum absolute atomic E-state index is 0.0519. The Morgan fingerprint density at radius 1 is 1.18 bits per heavy atom. The van der Waals surface area contributed by atoms with E-state index in [1.54, 1.807) is 11.8 Å². The van der Waals surface area contributed by atoms with Gasteiger partial charge < -0.3 is 20.5 Å². The number of likely N-dealkylation sites (tertiary alicyclic amines) is 1. The van der Waals surface area contributed by atoms with Crippen LogP contribution in [0.5, 0.6) is 0 Å². The van der Waals surface area contributed by atoms with E-state index in [4.69, 9.17) is 0 Å². The monoisotopic (exact) mass is 531 g/mol. The maximum Gasteiger partial charge on any atom is 0.243 e. The second kappa shape index (κ2) is 12.5. The van der Waals surface area contributed by atoms with Crippen molar-refractivity contribution in [2.45, 2.75) is 91.3 Å². The van der Waals surface area contributed by atoms with E-state index in [1.807, 2.05) is 27.7 Å². The lowest BCUT2D eigenvalue weighted by molar-refractivity contribution is -0.138. The fourth-order valence-electron chi connectivity index (χ4n) is 4.51. The molecule has 0 radical (unpaired) electrons. The van der Waals surface area contributed by atoms with Crippen molar-refractivity contribution in [3.63, 3.8) is 0 Å². The summed E-state index contributed by atoms with van der Waals surface area (Å²) in [6.45, 7) is 10.4. The van der Waals surface area contributed by atoms with E-state index >= 15 is 0 Å². The largest absolute Gasteiger partial charge is 0.345 e. The molecule has 3 amide bonds. The van der Waals surface area contributed by atoms with E-state index in [2.05, 4.69) is 20.6 Å². The van der Waals surface area contributed by atoms with Crippen LogP contribution in [0.15, 0.2) is 24.4 Å². The van der Waals surface area contributed by atoms with Crippen LogP contribution in [0, 0.1) is 17.0 Å². The second-order valence-corrected chi connectivity index (χ2v) is 11.4. The molecule has 38 heavy (non-hydrogen) atoms. The topological polar surface area (TPSA) is 107 Å². The minimum Gasteiger partial charge on any atom is -0.345 e. The Kier molecular flexibility index (Phi) is 9.62. The van der Waals surface area contributed by atoms with E-state index in [-0.39, 0.29) is 41.7 Å². The third kappa shape index (κ3) is 8.10. The average Bonchev–Trinajstić information content (AvgIpc) is 3.32. The number of carbonyl (C=O) groups excluding carboxylic acids is 3. The zero-order chi connectivity index (χ0) is 28.0. The number of H-pyrrole nitrogens is 1. The molecule has 3 rings (SSSR count). The van der Waals surface area contributed by atoms with Gasteiger partial charge in [0, 0.05) is 30.6 Å². The molecule has 2 aromatic rings. The van der Waals surface area contributed by atoms with Gasteiger partial charge in [0.2, 0.25) is 17.7 Å². The minimum atomic E-state index is -1.05. The van der Waals surface area contributed by atoms with Crippen molar-refractivity contribution in [2.75, 3.05) is 6.54 Å². The SMILES string of the molecule is C[C@H](NC(=O)[C@H](CC(=O)N1CCCC[C@@H]1C)NC(=O)CCC(C)(C)C)c1ncc(-c2ccc(F)cc2F)[nH]1. The highest BCUT2D eigenvalue weighted by atomic mass is 19.1. The molecule has 1 saturated heterocycles. The van der Waals surface area contributed by atoms with Gasteiger partial charge in [-0.15, -0.1) is 0 Å². The Morgan fingerprint density at radius 3 is 2.58 bits per heavy atom. The number of nitrogens with zero attached hydrogens (tertiary/aromatic N) is 2. The predicted molar refractivity (Wildman–Crippen MR) is 141 cm³/mol. The second-order valence-electron chi connectivity index (χ2n) is 11.4. The summed E-state index contributed by atoms with van der Waals surface area (Å²) in [7, 11) is 0. The molecule has 1 aromatic carbocycles. The molecule has 208 valence electrons. The van der Waals surface area contributed by atoms with Crippen LogP contribution >= 0.6 is 0 Å². The lowest BCUT2D eigenvalue weighted by Crippen LogP contribution is -2.51. The summed E-state index contributed by atoms with van der Waals surface area (Å²) in [6, 6.07) is 1.66. The zero-order valence-electron chi connectivity index (χ0n) is 22.9. The summed E-state index contributed by atoms with van der Waals surface area (Å²) < 4.78 is 27.5. The summed E-state index contributed by atoms with van der Waals surface area (Å²) in [5.74, 6) is -2.04. The van der Waals surface area contributed by atoms with Crippen molar-refractivity contribution in [3.05, 3.63) is 41.9 Å². The van der Waals surface area contributed by atoms with Crippen molar-refractivity contribution < 1.29 is 23.2 Å². The smallest absolute Gasteiger partial charge is 0.243 e. The lowest BCUT2D eigenvalue weighted by atomic mass is 9.90. The summed E-state index contributed by atoms with van der Waals surface area (Å²) in [5, 5.41) is 5.57. The Balaban J connectivity index is 1.71. The highest BCUT2D eigenvalue weighted by molar-refractivity contribution is 5.92. The first-order chi connectivity index (χ1) is 17.8. The number of aromatic nitrogens is 2. The van der Waals surface area contributed by atoms with Crippen LogP contribution in [-0.2, 0) is 14.4 Å². The number of hydrogen-bond donors (Lipinski definition) is 3. The third-order valence-electron chi connectivity index (χ3n) is 6.84. The number of rotatable bonds is 9. The molecule has 0 aliphatic carbocycles. The molecule has 10 heteroatoms. The molecule has 1 aliphatic rings. The number of imidazole rings is 1. The molecule has 1 aliphatic heterocycles. The van der Waals surface area contributed by atoms with Gasteiger partial charge in [-0.05, 0) is 57.1 Å². The first-order valence-electron chi connectivity index (χ1n) is 13.2. The normalized spacial score (nSPS) is 17.6. The third-order valence-corrected chi connectivity index (χ3v) is 6.84. The molecular weight excluding hydrogens is 492 g/mol. The van der Waals surface area contributed by atoms with Gasteiger partial charge in [0.25, 0.3) is 0 Å². The number of carbonyl (C=O) groups is 3. The van der Waals surface area contributed by atoms with Crippen molar-refractivity contribution in [1.82, 2.24) is 25.5 Å². The van der Waals surface area contributed by atoms with Crippen molar-refractivity contribution >= 4 is 17.7 Å². The average molecular weight is 532 g/mol. The molecular formula is C28H39F2N5O3. The number of halogens is 2. The van der Waals surface area contributed by atoms with E-state index in [9.17, 15) is 23.2 Å². The van der Waals surface area contributed by atoms with E-state index in [0.717, 1.165) is 31.4 Å². The van der Waals surface area contributed by atoms with Gasteiger partial charge in [-0.3, -0.25) is 14.4 Å². The number of amides is 3. The van der Waals surface area contributed by atoms with Gasteiger partial charge in [0.05, 0.1) is 24.4 Å². The van der Waals surface area contributed by atoms with Gasteiger partial charge in [0.15, 0.2) is 0 Å². The Bertz CT molecular complexity index is 1140. The van der Waals surface area contributed by atoms with E-state index in [1.165, 1.54) is 12.3 Å². The summed E-state index contributed by atoms with van der Waals surface area (Å²) in [6.07, 6.45) is 5.01. The highest BCUT2D eigenvalue weighted by Gasteiger charge is 2.31. The predicted octanol–water partition coefficient (Wildman–Crippen LogP) is 4.63. The standard InChI is InChI=1S/C28H39F2N5O3/c1-17-8-6-7-13-35(17)25(37)15-22(33-24(36)11-12-28(3,4)5)27(38)32-18(2)26-31-16-23(34-26)20-10-9-19(29)14-21(20)30/h9-10,14,16-18,22H,6-8,11-13,15H2,1-5H3,(H,31,34)(H,32,38)(H,33,36)/t17-,18-,22-/m0/s1. The van der Waals surface area contributed by atoms with Crippen LogP contribution in [0.25, 0.3) is 11.3 Å². The van der Waals surface area contributed by atoms with Crippen molar-refractivity contribution in [3.8, 4) is 11.3 Å². The summed E-state index contributed by atoms with van der Waals surface area (Å²) >= 11 is 0. The Labute approximate surface area is 223 Å². The fourth-order valence-corrected chi connectivity index (χ4v) is 4.51. The van der Waals surface area contributed by atoms with E-state index < -0.39 is 29.6 Å². The maximum atomic E-state index is 14.2. The summed E-state index contributed by atoms with van der Waals surface area (Å²) in [5.41, 5.74) is 0.428. The Hall–Kier alpha value is -3.30. The first kappa shape index (κ1) is 29.3. The number of benzene rings is 1. The maximum absolute atomic E-state index is 14.2. The van der Waals surface area contributed by atoms with Crippen LogP contribution < -0.4 is 10.6 Å². The van der Waals surface area contributed by atoms with Crippen molar-refractivity contribution in [1.29, 1.82) is 0 Å². The molecule has 0 unspecified atom stereocenters. The molecule has 3 N–H and O–H groups in total. The van der Waals surface area contributed by atoms with Gasteiger partial charge in [-0.1, -0.05) is 20.8 Å². The molecule has 0 spiro atoms. The van der Waals surface area contributed by atoms with Crippen LogP contribution in [0.1, 0.15) is 85.0 Å². The molecule has 8 nitrogen and oxygen atoms in total. The van der Waals surface area contributed by atoms with Crippen LogP contribution in [0.4, 0.5) is 8.78 Å². The Morgan fingerprint density at radius 2 is 1.92 bits per heavy atom. The molecule has 1 fully saturated rings. The zero-order valence-corrected chi connectivity index (χ0v) is 22.9. The van der Waals surface area contributed by atoms with Gasteiger partial charge >= 0.3 is 0 Å². The molecule has 1 aromatic heterocycles. The van der Waals surface area contributed by atoms with Crippen LogP contribution in [0.2, 0.25) is 0 Å². The fraction of sp³-hybridized carbons (Fsp3) is 0.571. The van der Waals surface area contributed by atoms with Crippen molar-refractivity contribution in [2.24, 2.45) is 5.41 Å². The number of piperidine rings is 1. The number of hydrogen-bond acceptors (Lipinski definition) is 4. The summed E-state index contributed by atoms with van der Waals surface area (Å²) in [4.78, 5) is 48.1. The van der Waals surface area contributed by atoms with Crippen LogP contribution in [0.3, 0.4) is 0 Å². The highest BCUT2D eigenvalue weighted by Crippen LogP contribution is 2.24. The quantitative estimate of drug-likeness (QED) is 0.438. The van der Waals surface area contributed by atoms with Crippen LogP contribution in [-0.4, -0.2) is 51.2 Å². The number of nitrogens with one attached hydrogen (secondary N) is 3. The molecule has 0 bridgehead atoms. The molecule has 3 atom stereocenters. The molecule has 2 heterocycles. The lowest BCUT2D eigenvalue weighted by Gasteiger charge is -2.34. The van der Waals surface area contributed by atoms with Gasteiger partial charge in [-0.2, -0.15) is 0 Å². The van der Waals surface area contributed by atoms with Gasteiger partial charge in [0.1, 0.15) is 23.5 Å². The number of aromatic amines is 1. The molecule has 0 saturated carbocycles. The van der Waals surface area contributed by atoms with Gasteiger partial charge in [-0.25, -0.2) is 13.8 Å².